The molecule has 0 amide bonds. The molecule has 1 saturated carbocycles. The van der Waals surface area contributed by atoms with Gasteiger partial charge in [0.2, 0.25) is 10.0 Å². The Morgan fingerprint density at radius 3 is 2.90 bits per heavy atom. The molecule has 0 aromatic carbocycles. The van der Waals surface area contributed by atoms with Gasteiger partial charge in [-0.25, -0.2) is 12.8 Å². The van der Waals surface area contributed by atoms with Crippen molar-refractivity contribution in [1.29, 1.82) is 0 Å². The molecule has 6 nitrogen and oxygen atoms in total. The molecule has 1 N–H and O–H groups in total. The van der Waals surface area contributed by atoms with Gasteiger partial charge in [0.25, 0.3) is 0 Å². The minimum atomic E-state index is -3.86. The lowest BCUT2D eigenvalue weighted by molar-refractivity contribution is -0.145. The van der Waals surface area contributed by atoms with Gasteiger partial charge in [-0.15, -0.1) is 0 Å². The van der Waals surface area contributed by atoms with E-state index >= 15 is 0 Å². The molecule has 1 aromatic heterocycles. The maximum Gasteiger partial charge on any atom is 0.310 e. The van der Waals surface area contributed by atoms with E-state index in [0.717, 1.165) is 6.20 Å². The van der Waals surface area contributed by atoms with Gasteiger partial charge < -0.3 is 4.74 Å². The van der Waals surface area contributed by atoms with Gasteiger partial charge in [-0.3, -0.25) is 14.5 Å². The number of ether oxygens (including phenoxy) is 1. The lowest BCUT2D eigenvalue weighted by Crippen LogP contribution is -2.35. The van der Waals surface area contributed by atoms with Crippen molar-refractivity contribution < 1.29 is 22.3 Å². The first-order valence-corrected chi connectivity index (χ1v) is 7.69. The molecule has 1 aromatic rings. The Balaban J connectivity index is 2.22. The maximum atomic E-state index is 13.4. The average Bonchev–Trinajstić information content (AvgIpc) is 2.90. The van der Waals surface area contributed by atoms with Gasteiger partial charge >= 0.3 is 5.97 Å². The number of anilines is 1. The molecule has 0 aliphatic heterocycles. The van der Waals surface area contributed by atoms with Crippen molar-refractivity contribution in [3.05, 3.63) is 24.3 Å². The second-order valence-electron chi connectivity index (χ2n) is 4.60. The molecule has 110 valence electrons. The number of pyridine rings is 1. The third kappa shape index (κ3) is 2.90. The molecular formula is C12H15FN2O4S. The summed E-state index contributed by atoms with van der Waals surface area (Å²) in [6, 6.07) is 1.23. The van der Waals surface area contributed by atoms with Gasteiger partial charge in [0.05, 0.1) is 30.2 Å². The quantitative estimate of drug-likeness (QED) is 0.847. The molecule has 8 heteroatoms. The highest BCUT2D eigenvalue weighted by Crippen LogP contribution is 2.33. The van der Waals surface area contributed by atoms with E-state index in [1.165, 1.54) is 19.4 Å². The molecule has 1 aliphatic carbocycles. The SMILES string of the molecule is COC(=O)C1CCCC1S(=O)(=O)Nc1ccncc1F. The monoisotopic (exact) mass is 302 g/mol. The summed E-state index contributed by atoms with van der Waals surface area (Å²) in [6.45, 7) is 0. The zero-order valence-electron chi connectivity index (χ0n) is 10.9. The lowest BCUT2D eigenvalue weighted by Gasteiger charge is -2.19. The van der Waals surface area contributed by atoms with Crippen LogP contribution in [0.25, 0.3) is 0 Å². The highest BCUT2D eigenvalue weighted by molar-refractivity contribution is 7.93. The molecule has 1 heterocycles. The Hall–Kier alpha value is -1.70. The van der Waals surface area contributed by atoms with Crippen LogP contribution in [0, 0.1) is 11.7 Å². The van der Waals surface area contributed by atoms with Gasteiger partial charge in [0.1, 0.15) is 0 Å². The zero-order chi connectivity index (χ0) is 14.8. The number of rotatable bonds is 4. The first-order valence-electron chi connectivity index (χ1n) is 6.14. The van der Waals surface area contributed by atoms with Crippen LogP contribution in [0.5, 0.6) is 0 Å². The van der Waals surface area contributed by atoms with Crippen molar-refractivity contribution in [3.8, 4) is 0 Å². The van der Waals surface area contributed by atoms with Crippen LogP contribution in [0.2, 0.25) is 0 Å². The van der Waals surface area contributed by atoms with Crippen molar-refractivity contribution in [2.24, 2.45) is 5.92 Å². The van der Waals surface area contributed by atoms with E-state index in [9.17, 15) is 17.6 Å². The third-order valence-corrected chi connectivity index (χ3v) is 5.25. The van der Waals surface area contributed by atoms with E-state index in [-0.39, 0.29) is 5.69 Å². The number of carbonyl (C=O) groups is 1. The number of carbonyl (C=O) groups excluding carboxylic acids is 1. The highest BCUT2D eigenvalue weighted by atomic mass is 32.2. The Labute approximate surface area is 116 Å². The van der Waals surface area contributed by atoms with E-state index in [1.54, 1.807) is 0 Å². The fourth-order valence-electron chi connectivity index (χ4n) is 2.41. The zero-order valence-corrected chi connectivity index (χ0v) is 11.7. The topological polar surface area (TPSA) is 85.4 Å². The molecule has 1 aliphatic rings. The summed E-state index contributed by atoms with van der Waals surface area (Å²) in [5.41, 5.74) is -0.171. The van der Waals surface area contributed by atoms with E-state index in [4.69, 9.17) is 0 Å². The predicted octanol–water partition coefficient (Wildman–Crippen LogP) is 1.30. The van der Waals surface area contributed by atoms with Crippen LogP contribution >= 0.6 is 0 Å². The van der Waals surface area contributed by atoms with E-state index in [0.29, 0.717) is 19.3 Å². The molecule has 0 spiro atoms. The van der Waals surface area contributed by atoms with Crippen LogP contribution in [0.3, 0.4) is 0 Å². The van der Waals surface area contributed by atoms with E-state index in [2.05, 4.69) is 14.4 Å². The van der Waals surface area contributed by atoms with Crippen molar-refractivity contribution in [2.75, 3.05) is 11.8 Å². The van der Waals surface area contributed by atoms with Crippen molar-refractivity contribution >= 4 is 21.7 Å². The number of sulfonamides is 1. The highest BCUT2D eigenvalue weighted by Gasteiger charge is 2.42. The van der Waals surface area contributed by atoms with Crippen LogP contribution in [0.1, 0.15) is 19.3 Å². The van der Waals surface area contributed by atoms with Crippen LogP contribution in [0.4, 0.5) is 10.1 Å². The first-order chi connectivity index (χ1) is 9.45. The van der Waals surface area contributed by atoms with Gasteiger partial charge in [-0.05, 0) is 18.9 Å². The standard InChI is InChI=1S/C12H15FN2O4S/c1-19-12(16)8-3-2-4-11(8)20(17,18)15-10-5-6-14-7-9(10)13/h5-8,11H,2-4H2,1H3,(H,14,15). The Kier molecular flexibility index (Phi) is 4.22. The summed E-state index contributed by atoms with van der Waals surface area (Å²) in [7, 11) is -2.64. The Morgan fingerprint density at radius 2 is 2.25 bits per heavy atom. The van der Waals surface area contributed by atoms with Crippen molar-refractivity contribution in [2.45, 2.75) is 24.5 Å². The van der Waals surface area contributed by atoms with Gasteiger partial charge in [0, 0.05) is 6.20 Å². The number of nitrogens with zero attached hydrogens (tertiary/aromatic N) is 1. The number of nitrogens with one attached hydrogen (secondary N) is 1. The summed E-state index contributed by atoms with van der Waals surface area (Å²) in [6.07, 6.45) is 3.63. The molecule has 0 saturated heterocycles. The normalized spacial score (nSPS) is 22.5. The fraction of sp³-hybridized carbons (Fsp3) is 0.500. The first kappa shape index (κ1) is 14.7. The Morgan fingerprint density at radius 1 is 1.50 bits per heavy atom. The second kappa shape index (κ2) is 5.74. The Bertz CT molecular complexity index is 605. The van der Waals surface area contributed by atoms with Crippen LogP contribution in [0.15, 0.2) is 18.5 Å². The smallest absolute Gasteiger partial charge is 0.310 e. The van der Waals surface area contributed by atoms with Crippen molar-refractivity contribution in [1.82, 2.24) is 4.98 Å². The molecule has 20 heavy (non-hydrogen) atoms. The molecule has 2 atom stereocenters. The summed E-state index contributed by atoms with van der Waals surface area (Å²) in [5, 5.41) is -0.900. The number of hydrogen-bond acceptors (Lipinski definition) is 5. The molecule has 0 bridgehead atoms. The number of esters is 1. The summed E-state index contributed by atoms with van der Waals surface area (Å²) >= 11 is 0. The number of hydrogen-bond donors (Lipinski definition) is 1. The molecule has 2 unspecified atom stereocenters. The maximum absolute atomic E-state index is 13.4. The number of methoxy groups -OCH3 is 1. The number of halogens is 1. The van der Waals surface area contributed by atoms with Crippen LogP contribution in [-0.2, 0) is 19.6 Å². The van der Waals surface area contributed by atoms with Crippen LogP contribution in [-0.4, -0.2) is 31.7 Å². The van der Waals surface area contributed by atoms with Gasteiger partial charge in [-0.2, -0.15) is 0 Å². The number of aromatic nitrogens is 1. The van der Waals surface area contributed by atoms with E-state index in [1.807, 2.05) is 0 Å². The lowest BCUT2D eigenvalue weighted by atomic mass is 10.1. The molecule has 1 fully saturated rings. The third-order valence-electron chi connectivity index (χ3n) is 3.38. The largest absolute Gasteiger partial charge is 0.469 e. The summed E-state index contributed by atoms with van der Waals surface area (Å²) in [5.74, 6) is -2.01. The minimum absolute atomic E-state index is 0.171. The summed E-state index contributed by atoms with van der Waals surface area (Å²) in [4.78, 5) is 15.1. The van der Waals surface area contributed by atoms with E-state index < -0.39 is 33.0 Å². The van der Waals surface area contributed by atoms with Gasteiger partial charge in [0.15, 0.2) is 5.82 Å². The molecular weight excluding hydrogens is 287 g/mol. The second-order valence-corrected chi connectivity index (χ2v) is 6.50. The van der Waals surface area contributed by atoms with Crippen molar-refractivity contribution in [3.63, 3.8) is 0 Å². The fourth-order valence-corrected chi connectivity index (χ4v) is 4.19. The van der Waals surface area contributed by atoms with Gasteiger partial charge in [-0.1, -0.05) is 6.42 Å². The minimum Gasteiger partial charge on any atom is -0.469 e. The average molecular weight is 302 g/mol. The molecule has 0 radical (unpaired) electrons. The van der Waals surface area contributed by atoms with Crippen LogP contribution < -0.4 is 4.72 Å². The summed E-state index contributed by atoms with van der Waals surface area (Å²) < 4.78 is 44.8. The molecule has 2 rings (SSSR count). The predicted molar refractivity (Wildman–Crippen MR) is 69.9 cm³/mol.